The van der Waals surface area contributed by atoms with Crippen LogP contribution in [-0.4, -0.2) is 15.3 Å². The molecule has 1 atom stereocenters. The number of aromatic nitrogens is 2. The van der Waals surface area contributed by atoms with Crippen LogP contribution in [0.2, 0.25) is 0 Å². The van der Waals surface area contributed by atoms with E-state index in [0.29, 0.717) is 0 Å². The lowest BCUT2D eigenvalue weighted by Crippen LogP contribution is -2.23. The highest BCUT2D eigenvalue weighted by Gasteiger charge is 2.23. The van der Waals surface area contributed by atoms with Crippen molar-refractivity contribution >= 4 is 27.5 Å². The minimum atomic E-state index is 0.0775. The van der Waals surface area contributed by atoms with Gasteiger partial charge in [-0.05, 0) is 21.3 Å². The van der Waals surface area contributed by atoms with Crippen LogP contribution in [0.4, 0.5) is 0 Å². The molecule has 78 valence electrons. The summed E-state index contributed by atoms with van der Waals surface area (Å²) in [4.78, 5) is 8.10. The topological polar surface area (TPSA) is 25.8 Å². The molecule has 1 heterocycles. The Morgan fingerprint density at radius 2 is 2.14 bits per heavy atom. The molecule has 0 aromatic carbocycles. The van der Waals surface area contributed by atoms with Crippen molar-refractivity contribution in [2.75, 3.05) is 0 Å². The second-order valence-electron chi connectivity index (χ2n) is 4.36. The lowest BCUT2D eigenvalue weighted by molar-refractivity contribution is 0.384. The van der Waals surface area contributed by atoms with Crippen LogP contribution in [0.25, 0.3) is 0 Å². The summed E-state index contributed by atoms with van der Waals surface area (Å²) >= 11 is 9.69. The highest BCUT2D eigenvalue weighted by molar-refractivity contribution is 9.10. The third kappa shape index (κ3) is 3.21. The Labute approximate surface area is 98.2 Å². The molecule has 1 aromatic heterocycles. The molecule has 0 saturated carbocycles. The van der Waals surface area contributed by atoms with Crippen LogP contribution in [0.3, 0.4) is 0 Å². The first-order valence-electron chi connectivity index (χ1n) is 4.49. The van der Waals surface area contributed by atoms with Gasteiger partial charge in [0, 0.05) is 18.0 Å². The SMILES string of the molecule is CC(C)(C)C(Cl)Cc1ncncc1Br. The van der Waals surface area contributed by atoms with Crippen molar-refractivity contribution in [1.82, 2.24) is 9.97 Å². The maximum atomic E-state index is 6.28. The maximum absolute atomic E-state index is 6.28. The summed E-state index contributed by atoms with van der Waals surface area (Å²) in [5.74, 6) is 0. The minimum absolute atomic E-state index is 0.0775. The molecule has 0 aliphatic carbocycles. The third-order valence-electron chi connectivity index (χ3n) is 2.06. The molecule has 0 fully saturated rings. The molecule has 1 unspecified atom stereocenters. The first-order chi connectivity index (χ1) is 6.41. The Morgan fingerprint density at radius 3 is 2.64 bits per heavy atom. The number of hydrogen-bond donors (Lipinski definition) is 0. The fourth-order valence-corrected chi connectivity index (χ4v) is 1.49. The average Bonchev–Trinajstić information content (AvgIpc) is 2.07. The smallest absolute Gasteiger partial charge is 0.115 e. The van der Waals surface area contributed by atoms with E-state index in [0.717, 1.165) is 16.6 Å². The van der Waals surface area contributed by atoms with Gasteiger partial charge in [-0.3, -0.25) is 0 Å². The zero-order valence-electron chi connectivity index (χ0n) is 8.59. The zero-order valence-corrected chi connectivity index (χ0v) is 10.9. The number of alkyl halides is 1. The average molecular weight is 278 g/mol. The molecule has 1 aromatic rings. The minimum Gasteiger partial charge on any atom is -0.244 e. The highest BCUT2D eigenvalue weighted by Crippen LogP contribution is 2.28. The number of nitrogens with zero attached hydrogens (tertiary/aromatic N) is 2. The predicted octanol–water partition coefficient (Wildman–Crippen LogP) is 3.44. The van der Waals surface area contributed by atoms with Gasteiger partial charge in [-0.1, -0.05) is 20.8 Å². The first kappa shape index (κ1) is 11.9. The van der Waals surface area contributed by atoms with Crippen LogP contribution in [-0.2, 0) is 6.42 Å². The summed E-state index contributed by atoms with van der Waals surface area (Å²) in [6, 6.07) is 0. The van der Waals surface area contributed by atoms with E-state index in [-0.39, 0.29) is 10.8 Å². The second kappa shape index (κ2) is 4.58. The molecule has 0 radical (unpaired) electrons. The Hall–Kier alpha value is -0.150. The largest absolute Gasteiger partial charge is 0.244 e. The molecule has 0 aliphatic rings. The van der Waals surface area contributed by atoms with Gasteiger partial charge in [0.1, 0.15) is 6.33 Å². The van der Waals surface area contributed by atoms with Crippen molar-refractivity contribution in [2.24, 2.45) is 5.41 Å². The van der Waals surface area contributed by atoms with Gasteiger partial charge in [0.25, 0.3) is 0 Å². The van der Waals surface area contributed by atoms with Gasteiger partial charge < -0.3 is 0 Å². The number of rotatable bonds is 2. The maximum Gasteiger partial charge on any atom is 0.115 e. The second-order valence-corrected chi connectivity index (χ2v) is 5.74. The fraction of sp³-hybridized carbons (Fsp3) is 0.600. The normalized spacial score (nSPS) is 14.1. The first-order valence-corrected chi connectivity index (χ1v) is 5.72. The van der Waals surface area contributed by atoms with E-state index in [1.54, 1.807) is 12.5 Å². The zero-order chi connectivity index (χ0) is 10.8. The third-order valence-corrected chi connectivity index (χ3v) is 3.53. The van der Waals surface area contributed by atoms with Crippen LogP contribution >= 0.6 is 27.5 Å². The van der Waals surface area contributed by atoms with Crippen LogP contribution in [0.1, 0.15) is 26.5 Å². The molecule has 0 spiro atoms. The summed E-state index contributed by atoms with van der Waals surface area (Å²) in [5.41, 5.74) is 1.06. The van der Waals surface area contributed by atoms with Gasteiger partial charge in [-0.25, -0.2) is 9.97 Å². The summed E-state index contributed by atoms with van der Waals surface area (Å²) in [6.07, 6.45) is 4.05. The van der Waals surface area contributed by atoms with Gasteiger partial charge in [-0.15, -0.1) is 11.6 Å². The van der Waals surface area contributed by atoms with E-state index >= 15 is 0 Å². The van der Waals surface area contributed by atoms with E-state index in [1.807, 2.05) is 0 Å². The molecule has 1 rings (SSSR count). The number of halogens is 2. The van der Waals surface area contributed by atoms with Crippen molar-refractivity contribution in [3.63, 3.8) is 0 Å². The Morgan fingerprint density at radius 1 is 1.50 bits per heavy atom. The van der Waals surface area contributed by atoms with E-state index in [4.69, 9.17) is 11.6 Å². The lowest BCUT2D eigenvalue weighted by Gasteiger charge is -2.24. The van der Waals surface area contributed by atoms with Crippen molar-refractivity contribution < 1.29 is 0 Å². The fourth-order valence-electron chi connectivity index (χ4n) is 0.964. The standard InChI is InChI=1S/C10H14BrClN2/c1-10(2,3)9(12)4-8-7(11)5-13-6-14-8/h5-6,9H,4H2,1-3H3. The molecular formula is C10H14BrClN2. The summed E-state index contributed by atoms with van der Waals surface area (Å²) in [7, 11) is 0. The molecule has 14 heavy (non-hydrogen) atoms. The quantitative estimate of drug-likeness (QED) is 0.774. The Balaban J connectivity index is 2.75. The van der Waals surface area contributed by atoms with Gasteiger partial charge in [0.05, 0.1) is 10.2 Å². The molecule has 0 N–H and O–H groups in total. The summed E-state index contributed by atoms with van der Waals surface area (Å²) in [6.45, 7) is 6.37. The summed E-state index contributed by atoms with van der Waals surface area (Å²) < 4.78 is 0.926. The molecule has 4 heteroatoms. The molecule has 2 nitrogen and oxygen atoms in total. The van der Waals surface area contributed by atoms with Gasteiger partial charge in [-0.2, -0.15) is 0 Å². The Bertz CT molecular complexity index is 309. The summed E-state index contributed by atoms with van der Waals surface area (Å²) in [5, 5.41) is 0.0775. The highest BCUT2D eigenvalue weighted by atomic mass is 79.9. The molecule has 0 saturated heterocycles. The van der Waals surface area contributed by atoms with Crippen LogP contribution < -0.4 is 0 Å². The van der Waals surface area contributed by atoms with Crippen LogP contribution in [0, 0.1) is 5.41 Å². The number of hydrogen-bond acceptors (Lipinski definition) is 2. The van der Waals surface area contributed by atoms with Crippen LogP contribution in [0.15, 0.2) is 17.0 Å². The van der Waals surface area contributed by atoms with Crippen molar-refractivity contribution in [3.05, 3.63) is 22.7 Å². The van der Waals surface area contributed by atoms with E-state index in [2.05, 4.69) is 46.7 Å². The molecular weight excluding hydrogens is 263 g/mol. The molecule has 0 aliphatic heterocycles. The lowest BCUT2D eigenvalue weighted by atomic mass is 9.89. The van der Waals surface area contributed by atoms with Gasteiger partial charge in [0.15, 0.2) is 0 Å². The van der Waals surface area contributed by atoms with Gasteiger partial charge >= 0.3 is 0 Å². The molecule has 0 amide bonds. The van der Waals surface area contributed by atoms with Crippen LogP contribution in [0.5, 0.6) is 0 Å². The van der Waals surface area contributed by atoms with Crippen molar-refractivity contribution in [2.45, 2.75) is 32.6 Å². The van der Waals surface area contributed by atoms with E-state index in [1.165, 1.54) is 0 Å². The van der Waals surface area contributed by atoms with E-state index in [9.17, 15) is 0 Å². The van der Waals surface area contributed by atoms with Gasteiger partial charge in [0.2, 0.25) is 0 Å². The molecule has 0 bridgehead atoms. The monoisotopic (exact) mass is 276 g/mol. The van der Waals surface area contributed by atoms with Crippen molar-refractivity contribution in [1.29, 1.82) is 0 Å². The van der Waals surface area contributed by atoms with Crippen molar-refractivity contribution in [3.8, 4) is 0 Å². The van der Waals surface area contributed by atoms with E-state index < -0.39 is 0 Å². The Kier molecular flexibility index (Phi) is 3.90. The predicted molar refractivity (Wildman–Crippen MR) is 62.5 cm³/mol.